The number of pyridine rings is 1. The van der Waals surface area contributed by atoms with E-state index >= 15 is 0 Å². The van der Waals surface area contributed by atoms with Crippen LogP contribution in [0.4, 0.5) is 5.82 Å². The van der Waals surface area contributed by atoms with E-state index in [0.717, 1.165) is 23.7 Å². The maximum absolute atomic E-state index is 5.60. The largest absolute Gasteiger partial charge is 0.460 e. The van der Waals surface area contributed by atoms with Gasteiger partial charge in [0.15, 0.2) is 16.5 Å². The van der Waals surface area contributed by atoms with Crippen LogP contribution < -0.4 is 10.6 Å². The van der Waals surface area contributed by atoms with Gasteiger partial charge in [-0.15, -0.1) is 0 Å². The topological polar surface area (TPSA) is 75.9 Å². The summed E-state index contributed by atoms with van der Waals surface area (Å²) in [5.74, 6) is 2.93. The molecule has 3 aromatic rings. The van der Waals surface area contributed by atoms with Crippen LogP contribution >= 0.6 is 12.2 Å². The number of rotatable bonds is 4. The molecule has 6 nitrogen and oxygen atoms in total. The van der Waals surface area contributed by atoms with Crippen molar-refractivity contribution in [3.05, 3.63) is 36.2 Å². The maximum Gasteiger partial charge on any atom is 0.180 e. The summed E-state index contributed by atoms with van der Waals surface area (Å²) in [7, 11) is 0. The Bertz CT molecular complexity index is 903. The molecule has 7 heteroatoms. The first-order valence-corrected chi connectivity index (χ1v) is 8.34. The lowest BCUT2D eigenvalue weighted by atomic mass is 10.3. The molecule has 2 N–H and O–H groups in total. The minimum absolute atomic E-state index is 0.552. The Labute approximate surface area is 144 Å². The van der Waals surface area contributed by atoms with E-state index in [1.54, 1.807) is 6.20 Å². The zero-order valence-electron chi connectivity index (χ0n) is 13.2. The van der Waals surface area contributed by atoms with Crippen molar-refractivity contribution in [1.82, 2.24) is 20.3 Å². The van der Waals surface area contributed by atoms with E-state index in [0.29, 0.717) is 28.0 Å². The number of anilines is 1. The molecule has 24 heavy (non-hydrogen) atoms. The van der Waals surface area contributed by atoms with Crippen molar-refractivity contribution in [2.24, 2.45) is 5.92 Å². The summed E-state index contributed by atoms with van der Waals surface area (Å²) in [6.45, 7) is 2.81. The number of hydrogen-bond acceptors (Lipinski definition) is 5. The second-order valence-electron chi connectivity index (χ2n) is 5.98. The van der Waals surface area contributed by atoms with Gasteiger partial charge in [0.25, 0.3) is 0 Å². The summed E-state index contributed by atoms with van der Waals surface area (Å²) in [5, 5.41) is 6.89. The predicted molar refractivity (Wildman–Crippen MR) is 96.7 cm³/mol. The van der Waals surface area contributed by atoms with Gasteiger partial charge in [-0.25, -0.2) is 9.97 Å². The molecule has 0 unspecified atom stereocenters. The number of hydrogen-bond donors (Lipinski definition) is 2. The Morgan fingerprint density at radius 2 is 2.12 bits per heavy atom. The van der Waals surface area contributed by atoms with Crippen molar-refractivity contribution >= 4 is 34.3 Å². The Hall–Kier alpha value is -2.54. The summed E-state index contributed by atoms with van der Waals surface area (Å²) in [4.78, 5) is 13.4. The first-order valence-electron chi connectivity index (χ1n) is 7.93. The SMILES string of the molecule is Cc1ccc(-c2cnc3ccc(NC(=S)NCC4CC4)nc3n2)o1. The lowest BCUT2D eigenvalue weighted by Gasteiger charge is -2.09. The van der Waals surface area contributed by atoms with Gasteiger partial charge in [-0.2, -0.15) is 0 Å². The molecule has 1 fully saturated rings. The second-order valence-corrected chi connectivity index (χ2v) is 6.39. The number of thiocarbonyl (C=S) groups is 1. The molecule has 3 heterocycles. The fourth-order valence-electron chi connectivity index (χ4n) is 2.38. The summed E-state index contributed by atoms with van der Waals surface area (Å²) >= 11 is 5.30. The van der Waals surface area contributed by atoms with Crippen molar-refractivity contribution in [2.45, 2.75) is 19.8 Å². The lowest BCUT2D eigenvalue weighted by Crippen LogP contribution is -2.30. The van der Waals surface area contributed by atoms with Gasteiger partial charge < -0.3 is 15.1 Å². The van der Waals surface area contributed by atoms with E-state index in [2.05, 4.69) is 25.6 Å². The lowest BCUT2D eigenvalue weighted by molar-refractivity contribution is 0.546. The van der Waals surface area contributed by atoms with Crippen LogP contribution in [0.2, 0.25) is 0 Å². The molecule has 1 saturated carbocycles. The van der Waals surface area contributed by atoms with Gasteiger partial charge in [-0.3, -0.25) is 4.98 Å². The number of aromatic nitrogens is 3. The van der Waals surface area contributed by atoms with Gasteiger partial charge in [0, 0.05) is 6.54 Å². The van der Waals surface area contributed by atoms with Crippen LogP contribution in [-0.4, -0.2) is 26.6 Å². The van der Waals surface area contributed by atoms with E-state index < -0.39 is 0 Å². The summed E-state index contributed by atoms with van der Waals surface area (Å²) in [5.41, 5.74) is 1.94. The molecule has 4 rings (SSSR count). The highest BCUT2D eigenvalue weighted by molar-refractivity contribution is 7.80. The van der Waals surface area contributed by atoms with Crippen LogP contribution in [-0.2, 0) is 0 Å². The molecule has 3 aromatic heterocycles. The molecule has 0 aliphatic heterocycles. The highest BCUT2D eigenvalue weighted by Gasteiger charge is 2.20. The molecule has 122 valence electrons. The van der Waals surface area contributed by atoms with Gasteiger partial charge in [-0.1, -0.05) is 0 Å². The predicted octanol–water partition coefficient (Wildman–Crippen LogP) is 3.29. The van der Waals surface area contributed by atoms with E-state index in [1.807, 2.05) is 31.2 Å². The molecule has 0 spiro atoms. The molecule has 0 saturated heterocycles. The highest BCUT2D eigenvalue weighted by atomic mass is 32.1. The van der Waals surface area contributed by atoms with Gasteiger partial charge in [0.2, 0.25) is 0 Å². The Morgan fingerprint density at radius 3 is 2.88 bits per heavy atom. The van der Waals surface area contributed by atoms with E-state index in [9.17, 15) is 0 Å². The minimum atomic E-state index is 0.552. The first-order chi connectivity index (χ1) is 11.7. The zero-order chi connectivity index (χ0) is 16.5. The fraction of sp³-hybridized carbons (Fsp3) is 0.294. The van der Waals surface area contributed by atoms with E-state index in [4.69, 9.17) is 16.6 Å². The van der Waals surface area contributed by atoms with Crippen molar-refractivity contribution in [3.63, 3.8) is 0 Å². The van der Waals surface area contributed by atoms with Crippen LogP contribution in [0, 0.1) is 12.8 Å². The summed E-state index contributed by atoms with van der Waals surface area (Å²) in [6, 6.07) is 7.50. The van der Waals surface area contributed by atoms with Crippen LogP contribution in [0.1, 0.15) is 18.6 Å². The third kappa shape index (κ3) is 3.35. The van der Waals surface area contributed by atoms with Crippen molar-refractivity contribution in [1.29, 1.82) is 0 Å². The number of aryl methyl sites for hydroxylation is 1. The number of fused-ring (bicyclic) bond motifs is 1. The van der Waals surface area contributed by atoms with Crippen LogP contribution in [0.3, 0.4) is 0 Å². The average Bonchev–Trinajstić information content (AvgIpc) is 3.32. The van der Waals surface area contributed by atoms with Crippen LogP contribution in [0.25, 0.3) is 22.6 Å². The first kappa shape index (κ1) is 15.0. The Kier molecular flexibility index (Phi) is 3.86. The fourth-order valence-corrected chi connectivity index (χ4v) is 2.57. The highest BCUT2D eigenvalue weighted by Crippen LogP contribution is 2.27. The van der Waals surface area contributed by atoms with Crippen LogP contribution in [0.15, 0.2) is 34.9 Å². The molecule has 0 aromatic carbocycles. The normalized spacial score (nSPS) is 13.9. The third-order valence-corrected chi connectivity index (χ3v) is 4.14. The zero-order valence-corrected chi connectivity index (χ0v) is 14.1. The summed E-state index contributed by atoms with van der Waals surface area (Å²) in [6.07, 6.45) is 4.26. The molecular weight excluding hydrogens is 322 g/mol. The molecule has 1 aliphatic carbocycles. The number of nitrogens with zero attached hydrogens (tertiary/aromatic N) is 3. The quantitative estimate of drug-likeness (QED) is 0.706. The molecular formula is C17H17N5OS. The standard InChI is InChI=1S/C17H17N5OS/c1-10-2-6-14(23-10)13-9-18-12-5-7-15(21-16(12)20-13)22-17(24)19-8-11-3-4-11/h2,5-7,9,11H,3-4,8H2,1H3,(H2,19,20,21,22,24). The van der Waals surface area contributed by atoms with E-state index in [1.165, 1.54) is 12.8 Å². The maximum atomic E-state index is 5.60. The van der Waals surface area contributed by atoms with Crippen molar-refractivity contribution in [3.8, 4) is 11.5 Å². The minimum Gasteiger partial charge on any atom is -0.460 e. The molecule has 0 bridgehead atoms. The van der Waals surface area contributed by atoms with Crippen LogP contribution in [0.5, 0.6) is 0 Å². The smallest absolute Gasteiger partial charge is 0.180 e. The molecule has 0 atom stereocenters. The average molecular weight is 339 g/mol. The second kappa shape index (κ2) is 6.16. The number of nitrogens with one attached hydrogen (secondary N) is 2. The summed E-state index contributed by atoms with van der Waals surface area (Å²) < 4.78 is 5.60. The van der Waals surface area contributed by atoms with Gasteiger partial charge in [0.1, 0.15) is 22.8 Å². The van der Waals surface area contributed by atoms with Gasteiger partial charge >= 0.3 is 0 Å². The Morgan fingerprint density at radius 1 is 1.25 bits per heavy atom. The molecule has 1 aliphatic rings. The van der Waals surface area contributed by atoms with Crippen molar-refractivity contribution in [2.75, 3.05) is 11.9 Å². The Balaban J connectivity index is 1.55. The molecule has 0 amide bonds. The monoisotopic (exact) mass is 339 g/mol. The van der Waals surface area contributed by atoms with E-state index in [-0.39, 0.29) is 0 Å². The molecule has 0 radical (unpaired) electrons. The van der Waals surface area contributed by atoms with Gasteiger partial charge in [0.05, 0.1) is 6.20 Å². The van der Waals surface area contributed by atoms with Crippen molar-refractivity contribution < 1.29 is 4.42 Å². The van der Waals surface area contributed by atoms with Gasteiger partial charge in [-0.05, 0) is 62.2 Å². The third-order valence-electron chi connectivity index (χ3n) is 3.89. The number of furan rings is 1.